The summed E-state index contributed by atoms with van der Waals surface area (Å²) in [7, 11) is 0. The summed E-state index contributed by atoms with van der Waals surface area (Å²) in [6, 6.07) is 0. The van der Waals surface area contributed by atoms with Gasteiger partial charge < -0.3 is 14.2 Å². The lowest BCUT2D eigenvalue weighted by molar-refractivity contribution is -0.133. The number of amides is 2. The maximum Gasteiger partial charge on any atom is 0.277 e. The van der Waals surface area contributed by atoms with Gasteiger partial charge in [0, 0.05) is 45.2 Å². The van der Waals surface area contributed by atoms with Crippen LogP contribution in [0.2, 0.25) is 0 Å². The first-order valence-electron chi connectivity index (χ1n) is 9.43. The average molecular weight is 379 g/mol. The number of carbonyl (C=O) groups excluding carboxylic acids is 2. The minimum Gasteiger partial charge on any atom is -0.416 e. The van der Waals surface area contributed by atoms with Crippen LogP contribution in [0.4, 0.5) is 0 Å². The molecule has 3 fully saturated rings. The van der Waals surface area contributed by atoms with E-state index < -0.39 is 0 Å². The van der Waals surface area contributed by atoms with E-state index >= 15 is 0 Å². The zero-order valence-corrected chi connectivity index (χ0v) is 15.7. The minimum absolute atomic E-state index is 0.0895. The first-order chi connectivity index (χ1) is 12.7. The molecular weight excluding hydrogens is 354 g/mol. The van der Waals surface area contributed by atoms with E-state index in [2.05, 4.69) is 15.1 Å². The largest absolute Gasteiger partial charge is 0.416 e. The van der Waals surface area contributed by atoms with Crippen LogP contribution in [0.15, 0.2) is 9.64 Å². The lowest BCUT2D eigenvalue weighted by Gasteiger charge is -2.34. The molecule has 0 spiro atoms. The summed E-state index contributed by atoms with van der Waals surface area (Å²) in [5.41, 5.74) is 0. The molecule has 142 valence electrons. The Morgan fingerprint density at radius 1 is 0.962 bits per heavy atom. The molecule has 3 heterocycles. The van der Waals surface area contributed by atoms with E-state index in [1.54, 1.807) is 0 Å². The van der Waals surface area contributed by atoms with Gasteiger partial charge in [0.1, 0.15) is 0 Å². The number of thioether (sulfide) groups is 1. The van der Waals surface area contributed by atoms with Crippen LogP contribution in [0.1, 0.15) is 37.5 Å². The Hall–Kier alpha value is -1.61. The van der Waals surface area contributed by atoms with Gasteiger partial charge in [0.05, 0.1) is 12.3 Å². The fourth-order valence-corrected chi connectivity index (χ4v) is 4.07. The van der Waals surface area contributed by atoms with Gasteiger partial charge in [-0.2, -0.15) is 0 Å². The molecule has 4 rings (SSSR count). The van der Waals surface area contributed by atoms with Gasteiger partial charge in [0.15, 0.2) is 0 Å². The SMILES string of the molecule is O=C(CSc1nnc(C2CC2)o1)N1CCN(CC(=O)N2CCCC2)CC1. The average Bonchev–Trinajstić information content (AvgIpc) is 3.16. The van der Waals surface area contributed by atoms with Crippen molar-refractivity contribution in [2.75, 3.05) is 51.6 Å². The lowest BCUT2D eigenvalue weighted by atomic mass is 10.3. The van der Waals surface area contributed by atoms with Crippen LogP contribution < -0.4 is 0 Å². The van der Waals surface area contributed by atoms with Gasteiger partial charge >= 0.3 is 0 Å². The Kier molecular flexibility index (Phi) is 5.44. The molecule has 8 nitrogen and oxygen atoms in total. The first-order valence-corrected chi connectivity index (χ1v) is 10.4. The van der Waals surface area contributed by atoms with E-state index in [4.69, 9.17) is 4.42 Å². The molecule has 2 amide bonds. The van der Waals surface area contributed by atoms with Gasteiger partial charge in [-0.05, 0) is 25.7 Å². The Labute approximate surface area is 157 Å². The first kappa shape index (κ1) is 17.8. The van der Waals surface area contributed by atoms with E-state index in [-0.39, 0.29) is 11.8 Å². The number of carbonyl (C=O) groups is 2. The third kappa shape index (κ3) is 4.37. The van der Waals surface area contributed by atoms with Crippen LogP contribution >= 0.6 is 11.8 Å². The maximum atomic E-state index is 12.4. The minimum atomic E-state index is 0.0895. The second-order valence-electron chi connectivity index (χ2n) is 7.21. The molecular formula is C17H25N5O3S. The number of piperazine rings is 1. The van der Waals surface area contributed by atoms with E-state index in [1.807, 2.05) is 9.80 Å². The number of likely N-dealkylation sites (tertiary alicyclic amines) is 1. The van der Waals surface area contributed by atoms with E-state index in [0.717, 1.165) is 51.9 Å². The topological polar surface area (TPSA) is 82.8 Å². The third-order valence-corrected chi connectivity index (χ3v) is 6.01. The molecule has 0 bridgehead atoms. The van der Waals surface area contributed by atoms with Gasteiger partial charge in [-0.15, -0.1) is 10.2 Å². The van der Waals surface area contributed by atoms with E-state index in [1.165, 1.54) is 11.8 Å². The summed E-state index contributed by atoms with van der Waals surface area (Å²) in [6.07, 6.45) is 4.48. The normalized spacial score (nSPS) is 21.4. The second-order valence-corrected chi connectivity index (χ2v) is 8.14. The highest BCUT2D eigenvalue weighted by atomic mass is 32.2. The van der Waals surface area contributed by atoms with Crippen molar-refractivity contribution in [2.45, 2.75) is 36.8 Å². The van der Waals surface area contributed by atoms with Gasteiger partial charge in [-0.1, -0.05) is 11.8 Å². The molecule has 0 radical (unpaired) electrons. The lowest BCUT2D eigenvalue weighted by Crippen LogP contribution is -2.51. The van der Waals surface area contributed by atoms with Crippen molar-refractivity contribution in [2.24, 2.45) is 0 Å². The summed E-state index contributed by atoms with van der Waals surface area (Å²) >= 11 is 1.31. The van der Waals surface area contributed by atoms with Crippen LogP contribution in [0, 0.1) is 0 Å². The van der Waals surface area contributed by atoms with Crippen LogP contribution in [0.25, 0.3) is 0 Å². The van der Waals surface area contributed by atoms with Crippen molar-refractivity contribution in [1.29, 1.82) is 0 Å². The molecule has 0 atom stereocenters. The molecule has 2 saturated heterocycles. The molecule has 3 aliphatic rings. The fourth-order valence-electron chi connectivity index (χ4n) is 3.40. The summed E-state index contributed by atoms with van der Waals surface area (Å²) in [5.74, 6) is 1.77. The van der Waals surface area contributed by atoms with Crippen LogP contribution in [-0.4, -0.2) is 88.3 Å². The molecule has 0 aromatic carbocycles. The number of hydrogen-bond donors (Lipinski definition) is 0. The smallest absolute Gasteiger partial charge is 0.277 e. The second kappa shape index (κ2) is 7.96. The summed E-state index contributed by atoms with van der Waals surface area (Å²) in [5, 5.41) is 8.52. The monoisotopic (exact) mass is 379 g/mol. The van der Waals surface area contributed by atoms with Crippen molar-refractivity contribution in [1.82, 2.24) is 24.9 Å². The molecule has 1 aliphatic carbocycles. The number of aromatic nitrogens is 2. The number of nitrogens with zero attached hydrogens (tertiary/aromatic N) is 5. The van der Waals surface area contributed by atoms with Gasteiger partial charge in [0.2, 0.25) is 17.7 Å². The quantitative estimate of drug-likeness (QED) is 0.676. The third-order valence-electron chi connectivity index (χ3n) is 5.21. The maximum absolute atomic E-state index is 12.4. The number of hydrogen-bond acceptors (Lipinski definition) is 7. The van der Waals surface area contributed by atoms with Crippen molar-refractivity contribution < 1.29 is 14.0 Å². The van der Waals surface area contributed by atoms with Gasteiger partial charge in [-0.3, -0.25) is 14.5 Å². The molecule has 0 unspecified atom stereocenters. The van der Waals surface area contributed by atoms with Crippen LogP contribution in [0.3, 0.4) is 0 Å². The highest BCUT2D eigenvalue weighted by Crippen LogP contribution is 2.39. The van der Waals surface area contributed by atoms with Gasteiger partial charge in [0.25, 0.3) is 5.22 Å². The van der Waals surface area contributed by atoms with Crippen molar-refractivity contribution in [3.63, 3.8) is 0 Å². The van der Waals surface area contributed by atoms with E-state index in [0.29, 0.717) is 42.4 Å². The van der Waals surface area contributed by atoms with E-state index in [9.17, 15) is 9.59 Å². The number of rotatable bonds is 6. The van der Waals surface area contributed by atoms with Crippen molar-refractivity contribution >= 4 is 23.6 Å². The van der Waals surface area contributed by atoms with Crippen molar-refractivity contribution in [3.05, 3.63) is 5.89 Å². The van der Waals surface area contributed by atoms with Crippen LogP contribution in [0.5, 0.6) is 0 Å². The molecule has 1 saturated carbocycles. The molecule has 9 heteroatoms. The predicted octanol–water partition coefficient (Wildman–Crippen LogP) is 0.806. The van der Waals surface area contributed by atoms with Crippen molar-refractivity contribution in [3.8, 4) is 0 Å². The summed E-state index contributed by atoms with van der Waals surface area (Å²) < 4.78 is 5.57. The van der Waals surface area contributed by atoms with Crippen LogP contribution in [-0.2, 0) is 9.59 Å². The Bertz CT molecular complexity index is 649. The zero-order valence-electron chi connectivity index (χ0n) is 14.9. The molecule has 1 aromatic rings. The Morgan fingerprint density at radius 3 is 2.35 bits per heavy atom. The predicted molar refractivity (Wildman–Crippen MR) is 95.8 cm³/mol. The Balaban J connectivity index is 1.17. The molecule has 0 N–H and O–H groups in total. The Morgan fingerprint density at radius 2 is 1.65 bits per heavy atom. The fraction of sp³-hybridized carbons (Fsp3) is 0.765. The highest BCUT2D eigenvalue weighted by Gasteiger charge is 2.30. The standard InChI is InChI=1S/C17H25N5O3S/c23-14(21-5-1-2-6-21)11-20-7-9-22(10-8-20)15(24)12-26-17-19-18-16(25-17)13-3-4-13/h13H,1-12H2. The molecule has 1 aromatic heterocycles. The summed E-state index contributed by atoms with van der Waals surface area (Å²) in [4.78, 5) is 30.6. The molecule has 2 aliphatic heterocycles. The zero-order chi connectivity index (χ0) is 17.9. The highest BCUT2D eigenvalue weighted by molar-refractivity contribution is 7.99. The summed E-state index contributed by atoms with van der Waals surface area (Å²) in [6.45, 7) is 5.11. The molecule has 26 heavy (non-hydrogen) atoms. The van der Waals surface area contributed by atoms with Gasteiger partial charge in [-0.25, -0.2) is 0 Å².